The van der Waals surface area contributed by atoms with E-state index in [2.05, 4.69) is 4.99 Å². The highest BCUT2D eigenvalue weighted by molar-refractivity contribution is 5.92. The lowest BCUT2D eigenvalue weighted by Gasteiger charge is -2.33. The Morgan fingerprint density at radius 2 is 1.34 bits per heavy atom. The van der Waals surface area contributed by atoms with Crippen molar-refractivity contribution in [2.24, 2.45) is 22.2 Å². The van der Waals surface area contributed by atoms with Crippen molar-refractivity contribution in [2.45, 2.75) is 44.2 Å². The predicted molar refractivity (Wildman–Crippen MR) is 150 cm³/mol. The van der Waals surface area contributed by atoms with Crippen molar-refractivity contribution in [1.82, 2.24) is 4.90 Å². The highest BCUT2D eigenvalue weighted by atomic mass is 16.3. The lowest BCUT2D eigenvalue weighted by Crippen LogP contribution is -2.49. The van der Waals surface area contributed by atoms with Gasteiger partial charge in [0.25, 0.3) is 0 Å². The van der Waals surface area contributed by atoms with E-state index in [1.807, 2.05) is 84.9 Å². The number of primary amides is 1. The maximum absolute atomic E-state index is 14.4. The summed E-state index contributed by atoms with van der Waals surface area (Å²) in [6.45, 7) is 0.671. The number of benzene rings is 3. The molecule has 3 aromatic rings. The molecule has 8 nitrogen and oxygen atoms in total. The van der Waals surface area contributed by atoms with Gasteiger partial charge in [0.15, 0.2) is 5.96 Å². The fourth-order valence-electron chi connectivity index (χ4n) is 4.51. The molecule has 3 rings (SSSR count). The van der Waals surface area contributed by atoms with Crippen LogP contribution in [0.15, 0.2) is 89.9 Å². The summed E-state index contributed by atoms with van der Waals surface area (Å²) in [7, 11) is 0. The van der Waals surface area contributed by atoms with Crippen LogP contribution in [0, 0.1) is 0 Å². The van der Waals surface area contributed by atoms with Gasteiger partial charge < -0.3 is 27.2 Å². The zero-order valence-electron chi connectivity index (χ0n) is 21.6. The average molecular weight is 516 g/mol. The van der Waals surface area contributed by atoms with E-state index in [9.17, 15) is 9.59 Å². The summed E-state index contributed by atoms with van der Waals surface area (Å²) in [5.74, 6) is -1.43. The minimum absolute atomic E-state index is 0.0249. The van der Waals surface area contributed by atoms with E-state index in [0.29, 0.717) is 25.8 Å². The molecular weight excluding hydrogens is 478 g/mol. The molecule has 8 heteroatoms. The summed E-state index contributed by atoms with van der Waals surface area (Å²) in [5, 5.41) is 9.12. The molecule has 0 aliphatic carbocycles. The molecular formula is C30H37N5O3. The van der Waals surface area contributed by atoms with Gasteiger partial charge in [-0.3, -0.25) is 14.6 Å². The number of hydrogen-bond acceptors (Lipinski definition) is 4. The Hall–Kier alpha value is -4.17. The predicted octanol–water partition coefficient (Wildman–Crippen LogP) is 2.68. The molecule has 0 saturated carbocycles. The third-order valence-corrected chi connectivity index (χ3v) is 6.43. The number of guanidine groups is 1. The number of aliphatic hydroxyl groups excluding tert-OH is 1. The molecule has 0 aromatic heterocycles. The lowest BCUT2D eigenvalue weighted by molar-refractivity contribution is -0.141. The molecule has 200 valence electrons. The van der Waals surface area contributed by atoms with E-state index in [1.54, 1.807) is 4.90 Å². The summed E-state index contributed by atoms with van der Waals surface area (Å²) in [4.78, 5) is 32.7. The summed E-state index contributed by atoms with van der Waals surface area (Å²) in [6.07, 6.45) is 2.25. The van der Waals surface area contributed by atoms with E-state index in [4.69, 9.17) is 22.3 Å². The number of carbonyl (C=O) groups is 2. The Morgan fingerprint density at radius 3 is 1.84 bits per heavy atom. The minimum atomic E-state index is -0.847. The largest absolute Gasteiger partial charge is 0.396 e. The molecule has 1 atom stereocenters. The SMILES string of the molecule is NC(=O)[C@@H](CCCN=C(N)N)N(Cc1ccc(CCCO)cc1)C(=O)C(c1ccccc1)c1ccccc1. The Balaban J connectivity index is 1.99. The second kappa shape index (κ2) is 14.5. The van der Waals surface area contributed by atoms with E-state index in [1.165, 1.54) is 0 Å². The Kier molecular flexibility index (Phi) is 10.9. The molecule has 0 bridgehead atoms. The van der Waals surface area contributed by atoms with Gasteiger partial charge >= 0.3 is 0 Å². The molecule has 0 spiro atoms. The second-order valence-corrected chi connectivity index (χ2v) is 9.23. The molecule has 2 amide bonds. The monoisotopic (exact) mass is 515 g/mol. The summed E-state index contributed by atoms with van der Waals surface area (Å²) in [6, 6.07) is 26.1. The van der Waals surface area contributed by atoms with Gasteiger partial charge in [-0.25, -0.2) is 0 Å². The van der Waals surface area contributed by atoms with Crippen molar-refractivity contribution in [1.29, 1.82) is 0 Å². The number of hydrogen-bond donors (Lipinski definition) is 4. The van der Waals surface area contributed by atoms with Crippen LogP contribution in [0.2, 0.25) is 0 Å². The van der Waals surface area contributed by atoms with Crippen molar-refractivity contribution in [3.8, 4) is 0 Å². The molecule has 0 unspecified atom stereocenters. The molecule has 0 heterocycles. The van der Waals surface area contributed by atoms with Gasteiger partial charge in [0.2, 0.25) is 11.8 Å². The number of nitrogens with two attached hydrogens (primary N) is 3. The zero-order valence-corrected chi connectivity index (χ0v) is 21.6. The number of aliphatic hydroxyl groups is 1. The van der Waals surface area contributed by atoms with Gasteiger partial charge in [-0.15, -0.1) is 0 Å². The number of amides is 2. The van der Waals surface area contributed by atoms with Crippen LogP contribution in [-0.4, -0.2) is 47.0 Å². The normalized spacial score (nSPS) is 11.6. The number of aryl methyl sites for hydroxylation is 1. The number of rotatable bonds is 14. The van der Waals surface area contributed by atoms with Crippen LogP contribution in [0.3, 0.4) is 0 Å². The maximum atomic E-state index is 14.4. The van der Waals surface area contributed by atoms with Crippen LogP contribution >= 0.6 is 0 Å². The van der Waals surface area contributed by atoms with Crippen molar-refractivity contribution >= 4 is 17.8 Å². The highest BCUT2D eigenvalue weighted by Crippen LogP contribution is 2.29. The molecule has 3 aromatic carbocycles. The van der Waals surface area contributed by atoms with Gasteiger partial charge in [-0.2, -0.15) is 0 Å². The van der Waals surface area contributed by atoms with Crippen LogP contribution < -0.4 is 17.2 Å². The Bertz CT molecular complexity index is 1140. The average Bonchev–Trinajstić information content (AvgIpc) is 2.92. The third-order valence-electron chi connectivity index (χ3n) is 6.43. The molecule has 7 N–H and O–H groups in total. The molecule has 0 saturated heterocycles. The summed E-state index contributed by atoms with van der Waals surface area (Å²) >= 11 is 0. The van der Waals surface area contributed by atoms with Gasteiger partial charge in [-0.05, 0) is 47.9 Å². The van der Waals surface area contributed by atoms with E-state index in [0.717, 1.165) is 28.7 Å². The van der Waals surface area contributed by atoms with Gasteiger partial charge in [0, 0.05) is 19.7 Å². The molecule has 38 heavy (non-hydrogen) atoms. The van der Waals surface area contributed by atoms with Crippen molar-refractivity contribution in [2.75, 3.05) is 13.2 Å². The second-order valence-electron chi connectivity index (χ2n) is 9.23. The van der Waals surface area contributed by atoms with Crippen molar-refractivity contribution in [3.05, 3.63) is 107 Å². The number of carbonyl (C=O) groups excluding carboxylic acids is 2. The Labute approximate surface area is 224 Å². The quantitative estimate of drug-likeness (QED) is 0.148. The van der Waals surface area contributed by atoms with Gasteiger partial charge in [-0.1, -0.05) is 84.9 Å². The van der Waals surface area contributed by atoms with Crippen molar-refractivity contribution in [3.63, 3.8) is 0 Å². The maximum Gasteiger partial charge on any atom is 0.240 e. The van der Waals surface area contributed by atoms with E-state index in [-0.39, 0.29) is 25.0 Å². The molecule has 0 aliphatic heterocycles. The Morgan fingerprint density at radius 1 is 0.789 bits per heavy atom. The first kappa shape index (κ1) is 28.4. The zero-order chi connectivity index (χ0) is 27.3. The standard InChI is InChI=1S/C30H37N5O3/c31-28(37)26(14-7-19-34-30(32)33)35(21-23-17-15-22(16-18-23)9-8-20-36)29(38)27(24-10-3-1-4-11-24)25-12-5-2-6-13-25/h1-6,10-13,15-18,26-27,36H,7-9,14,19-21H2,(H2,31,37)(H4,32,33,34)/t26-/m1/s1. The number of nitrogens with zero attached hydrogens (tertiary/aromatic N) is 2. The molecule has 0 radical (unpaired) electrons. The van der Waals surface area contributed by atoms with E-state index >= 15 is 0 Å². The highest BCUT2D eigenvalue weighted by Gasteiger charge is 2.34. The first-order chi connectivity index (χ1) is 18.4. The lowest BCUT2D eigenvalue weighted by atomic mass is 9.89. The van der Waals surface area contributed by atoms with Crippen molar-refractivity contribution < 1.29 is 14.7 Å². The molecule has 0 aliphatic rings. The minimum Gasteiger partial charge on any atom is -0.396 e. The summed E-state index contributed by atoms with van der Waals surface area (Å²) < 4.78 is 0. The first-order valence-electron chi connectivity index (χ1n) is 12.8. The van der Waals surface area contributed by atoms with Crippen LogP contribution in [0.25, 0.3) is 0 Å². The van der Waals surface area contributed by atoms with Crippen LogP contribution in [0.4, 0.5) is 0 Å². The van der Waals surface area contributed by atoms with E-state index < -0.39 is 17.9 Å². The van der Waals surface area contributed by atoms with Gasteiger partial charge in [0.05, 0.1) is 5.92 Å². The summed E-state index contributed by atoms with van der Waals surface area (Å²) in [5.41, 5.74) is 20.4. The van der Waals surface area contributed by atoms with Crippen LogP contribution in [-0.2, 0) is 22.6 Å². The number of aliphatic imine (C=N–C) groups is 1. The fraction of sp³-hybridized carbons (Fsp3) is 0.300. The topological polar surface area (TPSA) is 148 Å². The van der Waals surface area contributed by atoms with Gasteiger partial charge in [0.1, 0.15) is 6.04 Å². The van der Waals surface area contributed by atoms with Crippen LogP contribution in [0.1, 0.15) is 47.4 Å². The molecule has 0 fully saturated rings. The third kappa shape index (κ3) is 8.18. The fourth-order valence-corrected chi connectivity index (χ4v) is 4.51. The van der Waals surface area contributed by atoms with Crippen LogP contribution in [0.5, 0.6) is 0 Å². The first-order valence-corrected chi connectivity index (χ1v) is 12.8. The smallest absolute Gasteiger partial charge is 0.240 e.